The fraction of sp³-hybridized carbons (Fsp3) is 0.222. The van der Waals surface area contributed by atoms with Crippen molar-refractivity contribution in [3.63, 3.8) is 0 Å². The summed E-state index contributed by atoms with van der Waals surface area (Å²) in [6.07, 6.45) is -4.72. The first-order valence-corrected chi connectivity index (χ1v) is 4.22. The highest BCUT2D eigenvalue weighted by atomic mass is 35.5. The van der Waals surface area contributed by atoms with E-state index in [-0.39, 0.29) is 0 Å². The summed E-state index contributed by atoms with van der Waals surface area (Å²) >= 11 is 5.33. The maximum absolute atomic E-state index is 12.5. The van der Waals surface area contributed by atoms with E-state index in [4.69, 9.17) is 16.7 Å². The normalized spacial score (nSPS) is 11.5. The SMILES string of the molecule is CC(=O)c1cc(O)cc(Cl)c1C(F)(F)F. The number of aromatic hydroxyl groups is 1. The fourth-order valence-electron chi connectivity index (χ4n) is 1.16. The number of alkyl halides is 3. The van der Waals surface area contributed by atoms with Gasteiger partial charge < -0.3 is 5.11 Å². The topological polar surface area (TPSA) is 37.3 Å². The number of benzene rings is 1. The van der Waals surface area contributed by atoms with Gasteiger partial charge in [-0.05, 0) is 19.1 Å². The maximum Gasteiger partial charge on any atom is 0.418 e. The molecule has 15 heavy (non-hydrogen) atoms. The predicted octanol–water partition coefficient (Wildman–Crippen LogP) is 3.27. The van der Waals surface area contributed by atoms with Gasteiger partial charge in [-0.1, -0.05) is 11.6 Å². The van der Waals surface area contributed by atoms with Gasteiger partial charge in [0.05, 0.1) is 10.6 Å². The Kier molecular flexibility index (Phi) is 2.95. The van der Waals surface area contributed by atoms with Gasteiger partial charge >= 0.3 is 6.18 Å². The highest BCUT2D eigenvalue weighted by Gasteiger charge is 2.37. The summed E-state index contributed by atoms with van der Waals surface area (Å²) in [6.45, 7) is 0.973. The van der Waals surface area contributed by atoms with Gasteiger partial charge in [0.25, 0.3) is 0 Å². The lowest BCUT2D eigenvalue weighted by Crippen LogP contribution is -2.12. The van der Waals surface area contributed by atoms with Gasteiger partial charge in [-0.3, -0.25) is 4.79 Å². The first-order chi connectivity index (χ1) is 6.73. The minimum Gasteiger partial charge on any atom is -0.508 e. The number of hydrogen-bond acceptors (Lipinski definition) is 2. The van der Waals surface area contributed by atoms with E-state index in [9.17, 15) is 18.0 Å². The van der Waals surface area contributed by atoms with Crippen LogP contribution in [0.15, 0.2) is 12.1 Å². The van der Waals surface area contributed by atoms with E-state index in [1.807, 2.05) is 0 Å². The van der Waals surface area contributed by atoms with Crippen molar-refractivity contribution in [2.45, 2.75) is 13.1 Å². The fourth-order valence-corrected chi connectivity index (χ4v) is 1.48. The lowest BCUT2D eigenvalue weighted by atomic mass is 10.0. The molecule has 0 aliphatic heterocycles. The van der Waals surface area contributed by atoms with Crippen molar-refractivity contribution in [1.29, 1.82) is 0 Å². The lowest BCUT2D eigenvalue weighted by Gasteiger charge is -2.13. The Bertz CT molecular complexity index is 413. The second-order valence-corrected chi connectivity index (χ2v) is 3.31. The van der Waals surface area contributed by atoms with Crippen LogP contribution in [-0.4, -0.2) is 10.9 Å². The molecule has 0 radical (unpaired) electrons. The van der Waals surface area contributed by atoms with E-state index in [1.54, 1.807) is 0 Å². The first-order valence-electron chi connectivity index (χ1n) is 3.84. The Morgan fingerprint density at radius 2 is 1.93 bits per heavy atom. The average molecular weight is 239 g/mol. The molecule has 0 aromatic heterocycles. The molecule has 1 N–H and O–H groups in total. The molecule has 0 aliphatic rings. The van der Waals surface area contributed by atoms with Crippen LogP contribution >= 0.6 is 11.6 Å². The molecule has 0 bridgehead atoms. The first kappa shape index (κ1) is 11.8. The summed E-state index contributed by atoms with van der Waals surface area (Å²) < 4.78 is 37.4. The Labute approximate surface area is 88.3 Å². The summed E-state index contributed by atoms with van der Waals surface area (Å²) in [5.41, 5.74) is -1.85. The van der Waals surface area contributed by atoms with Crippen molar-refractivity contribution < 1.29 is 23.1 Å². The van der Waals surface area contributed by atoms with Gasteiger partial charge in [0.1, 0.15) is 5.75 Å². The lowest BCUT2D eigenvalue weighted by molar-refractivity contribution is -0.137. The predicted molar refractivity (Wildman–Crippen MR) is 48.1 cm³/mol. The third-order valence-electron chi connectivity index (χ3n) is 1.74. The van der Waals surface area contributed by atoms with Crippen LogP contribution in [0.3, 0.4) is 0 Å². The van der Waals surface area contributed by atoms with Gasteiger partial charge in [-0.2, -0.15) is 13.2 Å². The smallest absolute Gasteiger partial charge is 0.418 e. The molecule has 6 heteroatoms. The molecular formula is C9H6ClF3O2. The second-order valence-electron chi connectivity index (χ2n) is 2.90. The molecular weight excluding hydrogens is 233 g/mol. The summed E-state index contributed by atoms with van der Waals surface area (Å²) in [4.78, 5) is 10.9. The molecule has 1 aromatic carbocycles. The van der Waals surface area contributed by atoms with Gasteiger partial charge in [-0.15, -0.1) is 0 Å². The van der Waals surface area contributed by atoms with Crippen molar-refractivity contribution in [1.82, 2.24) is 0 Å². The molecule has 2 nitrogen and oxygen atoms in total. The zero-order valence-corrected chi connectivity index (χ0v) is 8.28. The molecule has 0 saturated carbocycles. The van der Waals surface area contributed by atoms with E-state index in [1.165, 1.54) is 0 Å². The van der Waals surface area contributed by atoms with E-state index in [2.05, 4.69) is 0 Å². The highest BCUT2D eigenvalue weighted by molar-refractivity contribution is 6.32. The minimum atomic E-state index is -4.72. The molecule has 82 valence electrons. The number of phenols is 1. The van der Waals surface area contributed by atoms with Crippen LogP contribution in [0.2, 0.25) is 5.02 Å². The Morgan fingerprint density at radius 3 is 2.33 bits per heavy atom. The summed E-state index contributed by atoms with van der Waals surface area (Å²) in [6, 6.07) is 1.49. The number of phenolic OH excluding ortho intramolecular Hbond substituents is 1. The summed E-state index contributed by atoms with van der Waals surface area (Å²) in [5.74, 6) is -1.28. The standard InChI is InChI=1S/C9H6ClF3O2/c1-4(14)6-2-5(15)3-7(10)8(6)9(11,12)13/h2-3,15H,1H3. The molecule has 1 aromatic rings. The number of Topliss-reactive ketones (excluding diaryl/α,β-unsaturated/α-hetero) is 1. The Hall–Kier alpha value is -1.23. The van der Waals surface area contributed by atoms with E-state index < -0.39 is 33.9 Å². The number of hydrogen-bond donors (Lipinski definition) is 1. The third kappa shape index (κ3) is 2.41. The van der Waals surface area contributed by atoms with Crippen LogP contribution in [-0.2, 0) is 6.18 Å². The Morgan fingerprint density at radius 1 is 1.40 bits per heavy atom. The van der Waals surface area contributed by atoms with E-state index in [0.717, 1.165) is 19.1 Å². The van der Waals surface area contributed by atoms with Crippen LogP contribution < -0.4 is 0 Å². The number of rotatable bonds is 1. The number of carbonyl (C=O) groups is 1. The van der Waals surface area contributed by atoms with Crippen LogP contribution in [0.5, 0.6) is 5.75 Å². The average Bonchev–Trinajstić information content (AvgIpc) is 1.99. The van der Waals surface area contributed by atoms with Crippen molar-refractivity contribution >= 4 is 17.4 Å². The van der Waals surface area contributed by atoms with Crippen molar-refractivity contribution in [3.8, 4) is 5.75 Å². The zero-order chi connectivity index (χ0) is 11.8. The second kappa shape index (κ2) is 3.73. The van der Waals surface area contributed by atoms with Gasteiger partial charge in [0.2, 0.25) is 0 Å². The number of halogens is 4. The summed E-state index contributed by atoms with van der Waals surface area (Å²) in [5, 5.41) is 8.34. The monoisotopic (exact) mass is 238 g/mol. The largest absolute Gasteiger partial charge is 0.508 e. The number of ketones is 1. The molecule has 0 heterocycles. The highest BCUT2D eigenvalue weighted by Crippen LogP contribution is 2.39. The van der Waals surface area contributed by atoms with Crippen molar-refractivity contribution in [2.75, 3.05) is 0 Å². The molecule has 0 spiro atoms. The zero-order valence-electron chi connectivity index (χ0n) is 7.52. The van der Waals surface area contributed by atoms with Gasteiger partial charge in [-0.25, -0.2) is 0 Å². The van der Waals surface area contributed by atoms with E-state index >= 15 is 0 Å². The molecule has 1 rings (SSSR count). The van der Waals surface area contributed by atoms with Crippen LogP contribution in [0.4, 0.5) is 13.2 Å². The van der Waals surface area contributed by atoms with Gasteiger partial charge in [0.15, 0.2) is 5.78 Å². The molecule has 0 amide bonds. The van der Waals surface area contributed by atoms with Gasteiger partial charge in [0, 0.05) is 5.56 Å². The quantitative estimate of drug-likeness (QED) is 0.763. The third-order valence-corrected chi connectivity index (χ3v) is 2.04. The van der Waals surface area contributed by atoms with Crippen molar-refractivity contribution in [2.24, 2.45) is 0 Å². The minimum absolute atomic E-state index is 0.474. The summed E-state index contributed by atoms with van der Waals surface area (Å²) in [7, 11) is 0. The van der Waals surface area contributed by atoms with E-state index in [0.29, 0.717) is 0 Å². The molecule has 0 fully saturated rings. The van der Waals surface area contributed by atoms with Crippen LogP contribution in [0, 0.1) is 0 Å². The van der Waals surface area contributed by atoms with Crippen LogP contribution in [0.25, 0.3) is 0 Å². The molecule has 0 unspecified atom stereocenters. The van der Waals surface area contributed by atoms with Crippen molar-refractivity contribution in [3.05, 3.63) is 28.3 Å². The molecule has 0 aliphatic carbocycles. The maximum atomic E-state index is 12.5. The molecule has 0 atom stereocenters. The Balaban J connectivity index is 3.55. The molecule has 0 saturated heterocycles. The van der Waals surface area contributed by atoms with Crippen LogP contribution in [0.1, 0.15) is 22.8 Å². The number of carbonyl (C=O) groups excluding carboxylic acids is 1.